The first-order valence-electron chi connectivity index (χ1n) is 7.90. The Kier molecular flexibility index (Phi) is 6.39. The van der Waals surface area contributed by atoms with Crippen molar-refractivity contribution in [2.24, 2.45) is 0 Å². The summed E-state index contributed by atoms with van der Waals surface area (Å²) in [6.45, 7) is 1.60. The molecule has 2 rings (SSSR count). The molecule has 0 aliphatic heterocycles. The van der Waals surface area contributed by atoms with E-state index in [2.05, 4.69) is 10.6 Å². The molecule has 0 fully saturated rings. The van der Waals surface area contributed by atoms with Crippen molar-refractivity contribution < 1.29 is 18.8 Å². The average Bonchev–Trinajstić information content (AvgIpc) is 2.62. The largest absolute Gasteiger partial charge is 0.346 e. The number of hydrogen-bond donors (Lipinski definition) is 2. The van der Waals surface area contributed by atoms with Gasteiger partial charge in [0, 0.05) is 24.1 Å². The zero-order chi connectivity index (χ0) is 18.2. The number of nitrogens with one attached hydrogen (secondary N) is 2. The van der Waals surface area contributed by atoms with Gasteiger partial charge in [-0.3, -0.25) is 14.4 Å². The van der Waals surface area contributed by atoms with Gasteiger partial charge in [0.1, 0.15) is 5.82 Å². The van der Waals surface area contributed by atoms with Gasteiger partial charge in [0.05, 0.1) is 6.04 Å². The van der Waals surface area contributed by atoms with Crippen molar-refractivity contribution in [3.05, 3.63) is 66.0 Å². The van der Waals surface area contributed by atoms with E-state index < -0.39 is 11.9 Å². The van der Waals surface area contributed by atoms with Crippen LogP contribution in [0.25, 0.3) is 0 Å². The molecule has 2 aromatic rings. The van der Waals surface area contributed by atoms with Crippen LogP contribution in [0.2, 0.25) is 0 Å². The van der Waals surface area contributed by atoms with Gasteiger partial charge in [-0.05, 0) is 31.2 Å². The zero-order valence-electron chi connectivity index (χ0n) is 13.8. The molecule has 2 amide bonds. The van der Waals surface area contributed by atoms with E-state index in [1.807, 2.05) is 0 Å². The van der Waals surface area contributed by atoms with Crippen LogP contribution in [0.15, 0.2) is 54.6 Å². The molecule has 0 bridgehead atoms. The molecule has 0 aliphatic rings. The molecule has 2 aromatic carbocycles. The first-order valence-corrected chi connectivity index (χ1v) is 7.90. The molecular formula is C19H19FN2O3. The summed E-state index contributed by atoms with van der Waals surface area (Å²) in [5.41, 5.74) is 0.976. The van der Waals surface area contributed by atoms with E-state index in [-0.39, 0.29) is 30.4 Å². The third-order valence-electron chi connectivity index (χ3n) is 3.54. The molecule has 25 heavy (non-hydrogen) atoms. The standard InChI is InChI=1S/C19H19FN2O3/c1-13(19(25)14-5-3-2-4-6-14)21-17(23)11-12-18(24)22-16-9-7-15(20)8-10-16/h2-10,13H,11-12H2,1H3,(H,21,23)(H,22,24)/t13-/m0/s1. The van der Waals surface area contributed by atoms with Crippen LogP contribution < -0.4 is 10.6 Å². The Labute approximate surface area is 145 Å². The molecule has 1 atom stereocenters. The minimum atomic E-state index is -0.671. The lowest BCUT2D eigenvalue weighted by molar-refractivity contribution is -0.124. The van der Waals surface area contributed by atoms with Crippen LogP contribution >= 0.6 is 0 Å². The predicted octanol–water partition coefficient (Wildman–Crippen LogP) is 2.93. The molecule has 0 unspecified atom stereocenters. The van der Waals surface area contributed by atoms with Gasteiger partial charge in [0.15, 0.2) is 5.78 Å². The van der Waals surface area contributed by atoms with E-state index >= 15 is 0 Å². The molecule has 0 heterocycles. The number of rotatable bonds is 7. The highest BCUT2D eigenvalue weighted by Crippen LogP contribution is 2.09. The number of amides is 2. The lowest BCUT2D eigenvalue weighted by atomic mass is 10.1. The van der Waals surface area contributed by atoms with Crippen LogP contribution in [0.4, 0.5) is 10.1 Å². The second kappa shape index (κ2) is 8.73. The molecule has 130 valence electrons. The number of carbonyl (C=O) groups excluding carboxylic acids is 3. The molecule has 0 aromatic heterocycles. The maximum atomic E-state index is 12.8. The minimum absolute atomic E-state index is 0.0323. The van der Waals surface area contributed by atoms with E-state index in [1.54, 1.807) is 37.3 Å². The smallest absolute Gasteiger partial charge is 0.224 e. The van der Waals surface area contributed by atoms with Crippen molar-refractivity contribution in [3.8, 4) is 0 Å². The molecule has 0 aliphatic carbocycles. The van der Waals surface area contributed by atoms with E-state index in [0.717, 1.165) is 0 Å². The Morgan fingerprint density at radius 1 is 0.920 bits per heavy atom. The van der Waals surface area contributed by atoms with Crippen LogP contribution in [0.1, 0.15) is 30.1 Å². The van der Waals surface area contributed by atoms with Crippen molar-refractivity contribution in [3.63, 3.8) is 0 Å². The lowest BCUT2D eigenvalue weighted by Crippen LogP contribution is -2.38. The quantitative estimate of drug-likeness (QED) is 0.760. The minimum Gasteiger partial charge on any atom is -0.346 e. The highest BCUT2D eigenvalue weighted by atomic mass is 19.1. The number of ketones is 1. The van der Waals surface area contributed by atoms with Crippen LogP contribution in [0.5, 0.6) is 0 Å². The van der Waals surface area contributed by atoms with E-state index in [4.69, 9.17) is 0 Å². The summed E-state index contributed by atoms with van der Waals surface area (Å²) in [4.78, 5) is 35.9. The molecule has 5 nitrogen and oxygen atoms in total. The molecule has 6 heteroatoms. The van der Waals surface area contributed by atoms with E-state index in [1.165, 1.54) is 24.3 Å². The van der Waals surface area contributed by atoms with Gasteiger partial charge >= 0.3 is 0 Å². The predicted molar refractivity (Wildman–Crippen MR) is 92.6 cm³/mol. The van der Waals surface area contributed by atoms with Crippen LogP contribution in [0, 0.1) is 5.82 Å². The SMILES string of the molecule is C[C@H](NC(=O)CCC(=O)Nc1ccc(F)cc1)C(=O)c1ccccc1. The Hall–Kier alpha value is -3.02. The fourth-order valence-corrected chi connectivity index (χ4v) is 2.22. The van der Waals surface area contributed by atoms with E-state index in [0.29, 0.717) is 11.3 Å². The van der Waals surface area contributed by atoms with Gasteiger partial charge < -0.3 is 10.6 Å². The maximum Gasteiger partial charge on any atom is 0.224 e. The summed E-state index contributed by atoms with van der Waals surface area (Å²) in [7, 11) is 0. The van der Waals surface area contributed by atoms with Crippen molar-refractivity contribution >= 4 is 23.3 Å². The van der Waals surface area contributed by atoms with Crippen molar-refractivity contribution in [1.82, 2.24) is 5.32 Å². The zero-order valence-corrected chi connectivity index (χ0v) is 13.8. The number of carbonyl (C=O) groups is 3. The molecule has 0 radical (unpaired) electrons. The molecule has 0 spiro atoms. The Morgan fingerprint density at radius 2 is 1.52 bits per heavy atom. The summed E-state index contributed by atoms with van der Waals surface area (Å²) < 4.78 is 12.8. The second-order valence-electron chi connectivity index (χ2n) is 5.57. The van der Waals surface area contributed by atoms with Crippen LogP contribution in [0.3, 0.4) is 0 Å². The summed E-state index contributed by atoms with van der Waals surface area (Å²) in [5.74, 6) is -1.33. The molecular weight excluding hydrogens is 323 g/mol. The number of anilines is 1. The monoisotopic (exact) mass is 342 g/mol. The first-order chi connectivity index (χ1) is 12.0. The maximum absolute atomic E-state index is 12.8. The van der Waals surface area contributed by atoms with Crippen molar-refractivity contribution in [2.75, 3.05) is 5.32 Å². The molecule has 2 N–H and O–H groups in total. The van der Waals surface area contributed by atoms with Crippen molar-refractivity contribution in [2.45, 2.75) is 25.8 Å². The summed E-state index contributed by atoms with van der Waals surface area (Å²) in [5, 5.41) is 5.16. The molecule has 0 saturated heterocycles. The molecule has 0 saturated carbocycles. The highest BCUT2D eigenvalue weighted by Gasteiger charge is 2.17. The number of halogens is 1. The van der Waals surface area contributed by atoms with Crippen molar-refractivity contribution in [1.29, 1.82) is 0 Å². The lowest BCUT2D eigenvalue weighted by Gasteiger charge is -2.13. The van der Waals surface area contributed by atoms with Gasteiger partial charge in [-0.1, -0.05) is 30.3 Å². The normalized spacial score (nSPS) is 11.4. The third kappa shape index (κ3) is 5.84. The topological polar surface area (TPSA) is 75.3 Å². The average molecular weight is 342 g/mol. The van der Waals surface area contributed by atoms with Gasteiger partial charge in [-0.2, -0.15) is 0 Å². The van der Waals surface area contributed by atoms with Gasteiger partial charge in [-0.25, -0.2) is 4.39 Å². The van der Waals surface area contributed by atoms with Gasteiger partial charge in [0.25, 0.3) is 0 Å². The van der Waals surface area contributed by atoms with Gasteiger partial charge in [-0.15, -0.1) is 0 Å². The summed E-state index contributed by atoms with van der Waals surface area (Å²) in [6.07, 6.45) is -0.0745. The Bertz CT molecular complexity index is 745. The number of Topliss-reactive ketones (excluding diaryl/α,β-unsaturated/α-hetero) is 1. The summed E-state index contributed by atoms with van der Waals surface area (Å²) >= 11 is 0. The third-order valence-corrected chi connectivity index (χ3v) is 3.54. The fourth-order valence-electron chi connectivity index (χ4n) is 2.22. The Morgan fingerprint density at radius 3 is 2.16 bits per heavy atom. The number of benzene rings is 2. The van der Waals surface area contributed by atoms with Crippen LogP contribution in [-0.2, 0) is 9.59 Å². The van der Waals surface area contributed by atoms with Gasteiger partial charge in [0.2, 0.25) is 11.8 Å². The first kappa shape index (κ1) is 18.3. The van der Waals surface area contributed by atoms with Crippen LogP contribution in [-0.4, -0.2) is 23.6 Å². The second-order valence-corrected chi connectivity index (χ2v) is 5.57. The Balaban J connectivity index is 1.77. The fraction of sp³-hybridized carbons (Fsp3) is 0.211. The summed E-state index contributed by atoms with van der Waals surface area (Å²) in [6, 6.07) is 13.3. The highest BCUT2D eigenvalue weighted by molar-refractivity contribution is 6.02. The van der Waals surface area contributed by atoms with E-state index in [9.17, 15) is 18.8 Å². The number of hydrogen-bond acceptors (Lipinski definition) is 3.